The highest BCUT2D eigenvalue weighted by molar-refractivity contribution is 6.00. The number of piperidine rings is 1. The average molecular weight is 246 g/mol. The van der Waals surface area contributed by atoms with Crippen LogP contribution in [0.15, 0.2) is 18.2 Å². The molecule has 1 amide bonds. The molecule has 1 aromatic rings. The maximum Gasteiger partial charge on any atom is 0.256 e. The lowest BCUT2D eigenvalue weighted by Gasteiger charge is -2.27. The molecule has 0 aromatic heterocycles. The van der Waals surface area contributed by atoms with Crippen LogP contribution < -0.4 is 10.5 Å². The van der Waals surface area contributed by atoms with Crippen molar-refractivity contribution >= 4 is 11.6 Å². The van der Waals surface area contributed by atoms with E-state index in [1.807, 2.05) is 11.0 Å². The highest BCUT2D eigenvalue weighted by Crippen LogP contribution is 2.39. The predicted octanol–water partition coefficient (Wildman–Crippen LogP) is 1.90. The average Bonchev–Trinajstić information content (AvgIpc) is 3.00. The number of carbonyl (C=O) groups excluding carboxylic acids is 1. The summed E-state index contributed by atoms with van der Waals surface area (Å²) >= 11 is 0. The summed E-state index contributed by atoms with van der Waals surface area (Å²) in [4.78, 5) is 14.5. The van der Waals surface area contributed by atoms with Crippen molar-refractivity contribution in [3.63, 3.8) is 0 Å². The second-order valence-corrected chi connectivity index (χ2v) is 5.21. The fraction of sp³-hybridized carbons (Fsp3) is 0.500. The van der Waals surface area contributed by atoms with Crippen LogP contribution in [0, 0.1) is 5.92 Å². The van der Waals surface area contributed by atoms with Crippen molar-refractivity contribution in [3.05, 3.63) is 23.8 Å². The Hall–Kier alpha value is -1.71. The first-order valence-electron chi connectivity index (χ1n) is 6.44. The highest BCUT2D eigenvalue weighted by Gasteiger charge is 2.40. The number of amides is 1. The Kier molecular flexibility index (Phi) is 2.65. The van der Waals surface area contributed by atoms with E-state index in [4.69, 9.17) is 10.5 Å². The molecule has 18 heavy (non-hydrogen) atoms. The third-order valence-electron chi connectivity index (χ3n) is 4.19. The van der Waals surface area contributed by atoms with Crippen molar-refractivity contribution < 1.29 is 9.53 Å². The molecule has 1 aromatic carbocycles. The monoisotopic (exact) mass is 246 g/mol. The van der Waals surface area contributed by atoms with Crippen LogP contribution in [0.25, 0.3) is 0 Å². The van der Waals surface area contributed by atoms with Crippen LogP contribution in [0.1, 0.15) is 29.6 Å². The zero-order chi connectivity index (χ0) is 12.7. The number of methoxy groups -OCH3 is 1. The maximum absolute atomic E-state index is 12.5. The molecule has 4 heteroatoms. The van der Waals surface area contributed by atoms with E-state index in [0.29, 0.717) is 29.0 Å². The Morgan fingerprint density at radius 1 is 1.44 bits per heavy atom. The number of fused-ring (bicyclic) bond motifs is 2. The van der Waals surface area contributed by atoms with E-state index in [9.17, 15) is 4.79 Å². The first-order chi connectivity index (χ1) is 8.70. The number of anilines is 1. The highest BCUT2D eigenvalue weighted by atomic mass is 16.5. The first kappa shape index (κ1) is 11.4. The molecule has 2 atom stereocenters. The van der Waals surface area contributed by atoms with Gasteiger partial charge in [0.25, 0.3) is 5.91 Å². The maximum atomic E-state index is 12.5. The Labute approximate surface area is 107 Å². The molecule has 2 bridgehead atoms. The zero-order valence-electron chi connectivity index (χ0n) is 10.6. The Bertz CT molecular complexity index is 487. The van der Waals surface area contributed by atoms with Crippen molar-refractivity contribution in [1.82, 2.24) is 4.90 Å². The lowest BCUT2D eigenvalue weighted by Crippen LogP contribution is -2.38. The molecule has 1 aliphatic carbocycles. The molecule has 2 fully saturated rings. The molecular weight excluding hydrogens is 228 g/mol. The summed E-state index contributed by atoms with van der Waals surface area (Å²) in [5.74, 6) is 1.33. The summed E-state index contributed by atoms with van der Waals surface area (Å²) in [6, 6.07) is 5.80. The van der Waals surface area contributed by atoms with Crippen molar-refractivity contribution in [3.8, 4) is 5.75 Å². The normalized spacial score (nSPS) is 25.5. The fourth-order valence-electron chi connectivity index (χ4n) is 3.24. The van der Waals surface area contributed by atoms with Gasteiger partial charge in [-0.05, 0) is 37.3 Å². The van der Waals surface area contributed by atoms with Gasteiger partial charge in [-0.15, -0.1) is 0 Å². The van der Waals surface area contributed by atoms with E-state index in [1.54, 1.807) is 19.2 Å². The van der Waals surface area contributed by atoms with Gasteiger partial charge in [0.05, 0.1) is 18.4 Å². The SMILES string of the molecule is COc1cccc(C(=O)N2CC3CCC2C3)c1N. The van der Waals surface area contributed by atoms with Gasteiger partial charge in [0, 0.05) is 12.6 Å². The van der Waals surface area contributed by atoms with Crippen molar-refractivity contribution in [1.29, 1.82) is 0 Å². The standard InChI is InChI=1S/C14H18N2O2/c1-18-12-4-2-3-11(13(12)15)14(17)16-8-9-5-6-10(16)7-9/h2-4,9-10H,5-8,15H2,1H3. The number of ether oxygens (including phenoxy) is 1. The number of rotatable bonds is 2. The van der Waals surface area contributed by atoms with E-state index >= 15 is 0 Å². The van der Waals surface area contributed by atoms with Crippen LogP contribution in [0.4, 0.5) is 5.69 Å². The van der Waals surface area contributed by atoms with Gasteiger partial charge in [-0.2, -0.15) is 0 Å². The minimum Gasteiger partial charge on any atom is -0.495 e. The van der Waals surface area contributed by atoms with Gasteiger partial charge in [-0.3, -0.25) is 4.79 Å². The molecule has 3 rings (SSSR count). The first-order valence-corrected chi connectivity index (χ1v) is 6.44. The summed E-state index contributed by atoms with van der Waals surface area (Å²) in [6.07, 6.45) is 3.57. The van der Waals surface area contributed by atoms with E-state index in [1.165, 1.54) is 6.42 Å². The van der Waals surface area contributed by atoms with Gasteiger partial charge in [0.2, 0.25) is 0 Å². The van der Waals surface area contributed by atoms with E-state index in [2.05, 4.69) is 0 Å². The predicted molar refractivity (Wildman–Crippen MR) is 69.6 cm³/mol. The third-order valence-corrected chi connectivity index (χ3v) is 4.19. The molecule has 1 saturated carbocycles. The quantitative estimate of drug-likeness (QED) is 0.811. The summed E-state index contributed by atoms with van der Waals surface area (Å²) in [7, 11) is 1.57. The Morgan fingerprint density at radius 3 is 2.89 bits per heavy atom. The number of benzene rings is 1. The minimum atomic E-state index is 0.0543. The second-order valence-electron chi connectivity index (χ2n) is 5.21. The van der Waals surface area contributed by atoms with Crippen LogP contribution in [-0.2, 0) is 0 Å². The van der Waals surface area contributed by atoms with Crippen molar-refractivity contribution in [2.75, 3.05) is 19.4 Å². The van der Waals surface area contributed by atoms with Gasteiger partial charge < -0.3 is 15.4 Å². The number of hydrogen-bond donors (Lipinski definition) is 1. The zero-order valence-corrected chi connectivity index (χ0v) is 10.6. The molecule has 96 valence electrons. The van der Waals surface area contributed by atoms with Crippen LogP contribution in [0.3, 0.4) is 0 Å². The van der Waals surface area contributed by atoms with Crippen LogP contribution in [0.5, 0.6) is 5.75 Å². The third kappa shape index (κ3) is 1.64. The Morgan fingerprint density at radius 2 is 2.28 bits per heavy atom. The van der Waals surface area contributed by atoms with Crippen molar-refractivity contribution in [2.45, 2.75) is 25.3 Å². The summed E-state index contributed by atoms with van der Waals surface area (Å²) in [5.41, 5.74) is 7.01. The van der Waals surface area contributed by atoms with Crippen LogP contribution in [-0.4, -0.2) is 30.5 Å². The summed E-state index contributed by atoms with van der Waals surface area (Å²) < 4.78 is 5.16. The summed E-state index contributed by atoms with van der Waals surface area (Å²) in [5, 5.41) is 0. The van der Waals surface area contributed by atoms with E-state index < -0.39 is 0 Å². The van der Waals surface area contributed by atoms with Gasteiger partial charge in [-0.25, -0.2) is 0 Å². The molecule has 2 aliphatic rings. The van der Waals surface area contributed by atoms with Gasteiger partial charge in [0.1, 0.15) is 5.75 Å². The lowest BCUT2D eigenvalue weighted by molar-refractivity contribution is 0.0704. The number of nitrogens with two attached hydrogens (primary N) is 1. The number of nitrogens with zero attached hydrogens (tertiary/aromatic N) is 1. The number of likely N-dealkylation sites (tertiary alicyclic amines) is 1. The van der Waals surface area contributed by atoms with Gasteiger partial charge >= 0.3 is 0 Å². The fourth-order valence-corrected chi connectivity index (χ4v) is 3.24. The Balaban J connectivity index is 1.89. The largest absolute Gasteiger partial charge is 0.495 e. The molecule has 1 aliphatic heterocycles. The molecule has 2 unspecified atom stereocenters. The van der Waals surface area contributed by atoms with Crippen LogP contribution >= 0.6 is 0 Å². The van der Waals surface area contributed by atoms with E-state index in [-0.39, 0.29) is 5.91 Å². The number of hydrogen-bond acceptors (Lipinski definition) is 3. The number of nitrogen functional groups attached to an aromatic ring is 1. The molecule has 2 N–H and O–H groups in total. The number of carbonyl (C=O) groups is 1. The second kappa shape index (κ2) is 4.19. The van der Waals surface area contributed by atoms with Gasteiger partial charge in [0.15, 0.2) is 0 Å². The molecule has 4 nitrogen and oxygen atoms in total. The smallest absolute Gasteiger partial charge is 0.256 e. The van der Waals surface area contributed by atoms with Crippen LogP contribution in [0.2, 0.25) is 0 Å². The molecule has 0 radical (unpaired) electrons. The molecule has 1 heterocycles. The van der Waals surface area contributed by atoms with Gasteiger partial charge in [-0.1, -0.05) is 6.07 Å². The minimum absolute atomic E-state index is 0.0543. The lowest BCUT2D eigenvalue weighted by atomic mass is 10.1. The van der Waals surface area contributed by atoms with Crippen molar-refractivity contribution in [2.24, 2.45) is 5.92 Å². The molecule has 0 spiro atoms. The molecular formula is C14H18N2O2. The summed E-state index contributed by atoms with van der Waals surface area (Å²) in [6.45, 7) is 0.889. The molecule has 1 saturated heterocycles. The van der Waals surface area contributed by atoms with E-state index in [0.717, 1.165) is 19.4 Å². The number of para-hydroxylation sites is 1. The topological polar surface area (TPSA) is 55.6 Å².